The molecule has 1 aliphatic heterocycles. The van der Waals surface area contributed by atoms with Gasteiger partial charge in [-0.1, -0.05) is 28.1 Å². The van der Waals surface area contributed by atoms with Crippen molar-refractivity contribution in [3.8, 4) is 0 Å². The van der Waals surface area contributed by atoms with E-state index >= 15 is 0 Å². The maximum Gasteiger partial charge on any atom is 0.0686 e. The van der Waals surface area contributed by atoms with Gasteiger partial charge in [0, 0.05) is 17.0 Å². The molecule has 1 aromatic rings. The second kappa shape index (κ2) is 5.78. The van der Waals surface area contributed by atoms with Gasteiger partial charge < -0.3 is 9.47 Å². The summed E-state index contributed by atoms with van der Waals surface area (Å²) >= 11 is 3.50. The Morgan fingerprint density at radius 2 is 2.11 bits per heavy atom. The van der Waals surface area contributed by atoms with Crippen LogP contribution >= 0.6 is 15.9 Å². The molecule has 2 nitrogen and oxygen atoms in total. The summed E-state index contributed by atoms with van der Waals surface area (Å²) in [6, 6.07) is 8.60. The number of halogens is 1. The summed E-state index contributed by atoms with van der Waals surface area (Å²) in [5.41, 5.74) is 4.26. The van der Waals surface area contributed by atoms with Crippen LogP contribution in [-0.2, 0) is 9.47 Å². The van der Waals surface area contributed by atoms with Gasteiger partial charge in [0.2, 0.25) is 0 Å². The molecule has 19 heavy (non-hydrogen) atoms. The number of benzene rings is 1. The molecule has 0 radical (unpaired) electrons. The molecule has 0 unspecified atom stereocenters. The minimum absolute atomic E-state index is 0.346. The number of hydrogen-bond donors (Lipinski definition) is 0. The first-order chi connectivity index (χ1) is 9.28. The quantitative estimate of drug-likeness (QED) is 0.835. The van der Waals surface area contributed by atoms with Crippen molar-refractivity contribution in [2.24, 2.45) is 5.92 Å². The Morgan fingerprint density at radius 1 is 1.32 bits per heavy atom. The highest BCUT2D eigenvalue weighted by molar-refractivity contribution is 9.10. The van der Waals surface area contributed by atoms with Crippen LogP contribution in [0.4, 0.5) is 0 Å². The molecule has 1 heterocycles. The molecule has 3 rings (SSSR count). The lowest BCUT2D eigenvalue weighted by Gasteiger charge is -2.29. The molecule has 3 heteroatoms. The summed E-state index contributed by atoms with van der Waals surface area (Å²) in [6.45, 7) is 4.53. The zero-order valence-electron chi connectivity index (χ0n) is 11.2. The number of rotatable bonds is 3. The van der Waals surface area contributed by atoms with Gasteiger partial charge >= 0.3 is 0 Å². The maximum absolute atomic E-state index is 5.87. The van der Waals surface area contributed by atoms with Gasteiger partial charge in [-0.2, -0.15) is 0 Å². The van der Waals surface area contributed by atoms with E-state index in [9.17, 15) is 0 Å². The van der Waals surface area contributed by atoms with Crippen LogP contribution in [0.2, 0.25) is 0 Å². The van der Waals surface area contributed by atoms with Crippen molar-refractivity contribution in [2.45, 2.75) is 25.9 Å². The van der Waals surface area contributed by atoms with E-state index in [-0.39, 0.29) is 0 Å². The van der Waals surface area contributed by atoms with E-state index in [1.807, 2.05) is 0 Å². The molecule has 1 fully saturated rings. The van der Waals surface area contributed by atoms with Crippen LogP contribution in [0.25, 0.3) is 5.57 Å². The zero-order valence-corrected chi connectivity index (χ0v) is 12.8. The third kappa shape index (κ3) is 2.78. The number of ether oxygens (including phenoxy) is 2. The van der Waals surface area contributed by atoms with Crippen molar-refractivity contribution in [1.82, 2.24) is 0 Å². The molecule has 0 N–H and O–H groups in total. The molecule has 102 valence electrons. The van der Waals surface area contributed by atoms with Crippen molar-refractivity contribution in [1.29, 1.82) is 0 Å². The molecule has 2 aliphatic rings. The summed E-state index contributed by atoms with van der Waals surface area (Å²) in [5.74, 6) is 0.559. The summed E-state index contributed by atoms with van der Waals surface area (Å²) in [5, 5.41) is 0. The molecule has 0 aromatic heterocycles. The van der Waals surface area contributed by atoms with Crippen LogP contribution in [0.5, 0.6) is 0 Å². The van der Waals surface area contributed by atoms with E-state index in [2.05, 4.69) is 47.1 Å². The topological polar surface area (TPSA) is 18.5 Å². The molecular weight excluding hydrogens is 304 g/mol. The van der Waals surface area contributed by atoms with Crippen LogP contribution in [0, 0.1) is 5.92 Å². The number of hydrogen-bond acceptors (Lipinski definition) is 2. The van der Waals surface area contributed by atoms with Gasteiger partial charge in [-0.25, -0.2) is 0 Å². The molecule has 1 saturated heterocycles. The molecule has 0 spiro atoms. The summed E-state index contributed by atoms with van der Waals surface area (Å²) in [6.07, 6.45) is 2.48. The van der Waals surface area contributed by atoms with Crippen LogP contribution in [0.1, 0.15) is 25.3 Å². The first-order valence-corrected chi connectivity index (χ1v) is 7.74. The van der Waals surface area contributed by atoms with Crippen molar-refractivity contribution < 1.29 is 9.47 Å². The Kier molecular flexibility index (Phi) is 4.06. The average Bonchev–Trinajstić information content (AvgIpc) is 2.87. The summed E-state index contributed by atoms with van der Waals surface area (Å²) < 4.78 is 12.7. The Morgan fingerprint density at radius 3 is 2.84 bits per heavy atom. The van der Waals surface area contributed by atoms with Gasteiger partial charge in [-0.3, -0.25) is 0 Å². The van der Waals surface area contributed by atoms with E-state index in [1.165, 1.54) is 16.7 Å². The Hall–Kier alpha value is -0.640. The fourth-order valence-electron chi connectivity index (χ4n) is 3.15. The van der Waals surface area contributed by atoms with E-state index in [1.54, 1.807) is 0 Å². The smallest absolute Gasteiger partial charge is 0.0686 e. The SMILES string of the molecule is CCO[C@H]1CC(c2ccc(Br)cc2)=C2COC[C@@H]2C1. The third-order valence-corrected chi connectivity index (χ3v) is 4.56. The maximum atomic E-state index is 5.87. The standard InChI is InChI=1S/C16H19BrO2/c1-2-19-14-7-12-9-18-10-16(12)15(8-14)11-3-5-13(17)6-4-11/h3-6,12,14H,2,7-10H2,1H3/t12-,14+/m0/s1. The Labute approximate surface area is 122 Å². The van der Waals surface area contributed by atoms with Crippen LogP contribution < -0.4 is 0 Å². The molecule has 0 bridgehead atoms. The first kappa shape index (κ1) is 13.3. The van der Waals surface area contributed by atoms with E-state index in [0.29, 0.717) is 12.0 Å². The van der Waals surface area contributed by atoms with Gasteiger partial charge in [-0.15, -0.1) is 0 Å². The van der Waals surface area contributed by atoms with Gasteiger partial charge in [0.25, 0.3) is 0 Å². The Bertz CT molecular complexity index is 478. The molecule has 1 aliphatic carbocycles. The van der Waals surface area contributed by atoms with Crippen LogP contribution in [-0.4, -0.2) is 25.9 Å². The van der Waals surface area contributed by atoms with Gasteiger partial charge in [-0.05, 0) is 48.6 Å². The predicted molar refractivity (Wildman–Crippen MR) is 80.0 cm³/mol. The van der Waals surface area contributed by atoms with Crippen molar-refractivity contribution in [2.75, 3.05) is 19.8 Å². The summed E-state index contributed by atoms with van der Waals surface area (Å²) in [4.78, 5) is 0. The van der Waals surface area contributed by atoms with Crippen LogP contribution in [0.15, 0.2) is 34.3 Å². The minimum atomic E-state index is 0.346. The van der Waals surface area contributed by atoms with Crippen molar-refractivity contribution >= 4 is 21.5 Å². The first-order valence-electron chi connectivity index (χ1n) is 6.95. The van der Waals surface area contributed by atoms with Crippen molar-refractivity contribution in [3.63, 3.8) is 0 Å². The lowest BCUT2D eigenvalue weighted by Crippen LogP contribution is -2.24. The molecular formula is C16H19BrO2. The molecule has 0 amide bonds. The molecule has 2 atom stereocenters. The largest absolute Gasteiger partial charge is 0.378 e. The second-order valence-corrected chi connectivity index (χ2v) is 6.16. The van der Waals surface area contributed by atoms with E-state index in [0.717, 1.165) is 37.1 Å². The lowest BCUT2D eigenvalue weighted by atomic mass is 9.80. The highest BCUT2D eigenvalue weighted by Crippen LogP contribution is 2.40. The highest BCUT2D eigenvalue weighted by Gasteiger charge is 2.33. The van der Waals surface area contributed by atoms with Crippen molar-refractivity contribution in [3.05, 3.63) is 39.9 Å². The Balaban J connectivity index is 1.93. The van der Waals surface area contributed by atoms with E-state index in [4.69, 9.17) is 9.47 Å². The minimum Gasteiger partial charge on any atom is -0.378 e. The van der Waals surface area contributed by atoms with E-state index < -0.39 is 0 Å². The molecule has 0 saturated carbocycles. The monoisotopic (exact) mass is 322 g/mol. The van der Waals surface area contributed by atoms with Gasteiger partial charge in [0.1, 0.15) is 0 Å². The highest BCUT2D eigenvalue weighted by atomic mass is 79.9. The predicted octanol–water partition coefficient (Wildman–Crippen LogP) is 4.05. The van der Waals surface area contributed by atoms with Gasteiger partial charge in [0.05, 0.1) is 19.3 Å². The third-order valence-electron chi connectivity index (χ3n) is 4.03. The fourth-order valence-corrected chi connectivity index (χ4v) is 3.41. The second-order valence-electron chi connectivity index (χ2n) is 5.24. The normalized spacial score (nSPS) is 26.6. The zero-order chi connectivity index (χ0) is 13.2. The number of fused-ring (bicyclic) bond motifs is 1. The lowest BCUT2D eigenvalue weighted by molar-refractivity contribution is 0.0455. The summed E-state index contributed by atoms with van der Waals surface area (Å²) in [7, 11) is 0. The molecule has 1 aromatic carbocycles. The van der Waals surface area contributed by atoms with Crippen LogP contribution in [0.3, 0.4) is 0 Å². The average molecular weight is 323 g/mol. The fraction of sp³-hybridized carbons (Fsp3) is 0.500. The van der Waals surface area contributed by atoms with Gasteiger partial charge in [0.15, 0.2) is 0 Å².